The number of hydrogen-bond donors (Lipinski definition) is 0. The molecule has 222 valence electrons. The van der Waals surface area contributed by atoms with Crippen LogP contribution in [-0.4, -0.2) is 77.6 Å². The van der Waals surface area contributed by atoms with Gasteiger partial charge in [0.15, 0.2) is 0 Å². The Balaban J connectivity index is 1.36. The van der Waals surface area contributed by atoms with Crippen molar-refractivity contribution in [2.45, 2.75) is 81.9 Å². The molecule has 1 unspecified atom stereocenters. The van der Waals surface area contributed by atoms with E-state index < -0.39 is 5.60 Å². The molecule has 0 bridgehead atoms. The van der Waals surface area contributed by atoms with Gasteiger partial charge in [0.2, 0.25) is 11.8 Å². The van der Waals surface area contributed by atoms with E-state index in [1.54, 1.807) is 4.90 Å². The van der Waals surface area contributed by atoms with Gasteiger partial charge in [-0.25, -0.2) is 0 Å². The third-order valence-electron chi connectivity index (χ3n) is 9.94. The standard InChI is InChI=1S/C33H42N6O3/c1-5-28(40)39-20-19-38(21-23(39)13-17-34)29-25-12-14-33(16-15-32(2,3)26-10-6-7-11-27(26)33)42-30(25)36-31(35-29)41-22-24-9-8-18-37(24)4/h5-7,10-11,23-24H,1,8-9,12-16,18-22H2,2-4H3/t23-,24-,33?/m0/s1. The third-order valence-corrected chi connectivity index (χ3v) is 9.94. The van der Waals surface area contributed by atoms with Crippen molar-refractivity contribution in [1.29, 1.82) is 5.26 Å². The molecule has 0 saturated carbocycles. The number of rotatable bonds is 6. The number of benzene rings is 1. The summed E-state index contributed by atoms with van der Waals surface area (Å²) in [6, 6.07) is 11.4. The van der Waals surface area contributed by atoms with E-state index in [0.717, 1.165) is 56.5 Å². The Hall–Kier alpha value is -3.64. The van der Waals surface area contributed by atoms with E-state index in [9.17, 15) is 10.1 Å². The van der Waals surface area contributed by atoms with Crippen LogP contribution >= 0.6 is 0 Å². The predicted octanol–water partition coefficient (Wildman–Crippen LogP) is 4.36. The smallest absolute Gasteiger partial charge is 0.321 e. The first-order chi connectivity index (χ1) is 20.2. The number of nitriles is 1. The maximum Gasteiger partial charge on any atom is 0.321 e. The van der Waals surface area contributed by atoms with Crippen molar-refractivity contribution in [3.8, 4) is 18.0 Å². The number of anilines is 1. The molecule has 2 saturated heterocycles. The Labute approximate surface area is 249 Å². The maximum absolute atomic E-state index is 12.5. The van der Waals surface area contributed by atoms with E-state index in [-0.39, 0.29) is 23.8 Å². The molecule has 1 spiro atoms. The van der Waals surface area contributed by atoms with Gasteiger partial charge in [-0.15, -0.1) is 0 Å². The lowest BCUT2D eigenvalue weighted by molar-refractivity contribution is -0.128. The minimum Gasteiger partial charge on any atom is -0.466 e. The van der Waals surface area contributed by atoms with Crippen LogP contribution in [0.1, 0.15) is 69.1 Å². The van der Waals surface area contributed by atoms with Crippen LogP contribution in [0, 0.1) is 11.3 Å². The van der Waals surface area contributed by atoms with Gasteiger partial charge >= 0.3 is 6.01 Å². The van der Waals surface area contributed by atoms with Crippen molar-refractivity contribution in [1.82, 2.24) is 19.8 Å². The zero-order valence-electron chi connectivity index (χ0n) is 25.1. The van der Waals surface area contributed by atoms with Crippen LogP contribution in [0.3, 0.4) is 0 Å². The number of ether oxygens (including phenoxy) is 2. The molecule has 4 aliphatic rings. The maximum atomic E-state index is 12.5. The molecule has 0 N–H and O–H groups in total. The topological polar surface area (TPSA) is 94.8 Å². The normalized spacial score (nSPS) is 26.6. The second-order valence-electron chi connectivity index (χ2n) is 12.9. The zero-order valence-corrected chi connectivity index (χ0v) is 25.1. The fourth-order valence-corrected chi connectivity index (χ4v) is 7.34. The molecular formula is C33H42N6O3. The molecule has 1 aliphatic carbocycles. The lowest BCUT2D eigenvalue weighted by atomic mass is 9.65. The van der Waals surface area contributed by atoms with E-state index in [4.69, 9.17) is 19.4 Å². The second kappa shape index (κ2) is 11.2. The van der Waals surface area contributed by atoms with Crippen LogP contribution in [-0.2, 0) is 22.2 Å². The summed E-state index contributed by atoms with van der Waals surface area (Å²) in [6.45, 7) is 11.5. The molecule has 3 atom stereocenters. The average molecular weight is 571 g/mol. The van der Waals surface area contributed by atoms with Gasteiger partial charge in [0.1, 0.15) is 18.0 Å². The van der Waals surface area contributed by atoms with Gasteiger partial charge in [-0.2, -0.15) is 15.2 Å². The number of hydrogen-bond acceptors (Lipinski definition) is 8. The molecule has 3 aliphatic heterocycles. The average Bonchev–Trinajstić information content (AvgIpc) is 3.42. The highest BCUT2D eigenvalue weighted by Gasteiger charge is 2.47. The van der Waals surface area contributed by atoms with Crippen molar-refractivity contribution in [3.63, 3.8) is 0 Å². The summed E-state index contributed by atoms with van der Waals surface area (Å²) >= 11 is 0. The molecule has 9 nitrogen and oxygen atoms in total. The van der Waals surface area contributed by atoms with Crippen LogP contribution in [0.5, 0.6) is 11.9 Å². The van der Waals surface area contributed by atoms with Crippen LogP contribution in [0.15, 0.2) is 36.9 Å². The molecule has 6 rings (SSSR count). The predicted molar refractivity (Wildman–Crippen MR) is 161 cm³/mol. The number of amides is 1. The molecule has 9 heteroatoms. The summed E-state index contributed by atoms with van der Waals surface area (Å²) in [5, 5.41) is 9.53. The fourth-order valence-electron chi connectivity index (χ4n) is 7.34. The Kier molecular flexibility index (Phi) is 7.61. The number of carbonyl (C=O) groups excluding carboxylic acids is 1. The molecule has 4 heterocycles. The molecule has 1 aromatic heterocycles. The van der Waals surface area contributed by atoms with E-state index in [0.29, 0.717) is 44.2 Å². The van der Waals surface area contributed by atoms with Crippen LogP contribution < -0.4 is 14.4 Å². The Bertz CT molecular complexity index is 1400. The van der Waals surface area contributed by atoms with Gasteiger partial charge in [-0.1, -0.05) is 44.7 Å². The SMILES string of the molecule is C=CC(=O)N1CCN(c2nc(OC[C@@H]3CCCN3C)nc3c2CCC2(CCC(C)(C)c4ccccc42)O3)C[C@@H]1CC#N. The summed E-state index contributed by atoms with van der Waals surface area (Å²) in [4.78, 5) is 28.7. The fraction of sp³-hybridized carbons (Fsp3) is 0.576. The first-order valence-corrected chi connectivity index (χ1v) is 15.3. The number of fused-ring (bicyclic) bond motifs is 3. The minimum atomic E-state index is -0.438. The van der Waals surface area contributed by atoms with Crippen LogP contribution in [0.2, 0.25) is 0 Å². The van der Waals surface area contributed by atoms with Gasteiger partial charge in [-0.3, -0.25) is 4.79 Å². The van der Waals surface area contributed by atoms with Crippen molar-refractivity contribution in [3.05, 3.63) is 53.6 Å². The van der Waals surface area contributed by atoms with Gasteiger partial charge < -0.3 is 24.2 Å². The largest absolute Gasteiger partial charge is 0.466 e. The molecule has 1 amide bonds. The van der Waals surface area contributed by atoms with Crippen molar-refractivity contribution in [2.24, 2.45) is 0 Å². The number of likely N-dealkylation sites (N-methyl/N-ethyl adjacent to an activating group) is 1. The molecule has 2 fully saturated rings. The van der Waals surface area contributed by atoms with E-state index in [1.807, 2.05) is 0 Å². The summed E-state index contributed by atoms with van der Waals surface area (Å²) in [6.07, 6.45) is 7.40. The molecule has 42 heavy (non-hydrogen) atoms. The molecule has 0 radical (unpaired) electrons. The highest BCUT2D eigenvalue weighted by Crippen LogP contribution is 2.52. The highest BCUT2D eigenvalue weighted by atomic mass is 16.5. The summed E-state index contributed by atoms with van der Waals surface area (Å²) in [5.74, 6) is 1.24. The lowest BCUT2D eigenvalue weighted by Gasteiger charge is -2.47. The second-order valence-corrected chi connectivity index (χ2v) is 12.9. The quantitative estimate of drug-likeness (QED) is 0.473. The number of nitrogens with zero attached hydrogens (tertiary/aromatic N) is 6. The van der Waals surface area contributed by atoms with Gasteiger partial charge in [0, 0.05) is 25.7 Å². The minimum absolute atomic E-state index is 0.0855. The number of piperazine rings is 1. The molecule has 2 aromatic rings. The first kappa shape index (κ1) is 28.5. The first-order valence-electron chi connectivity index (χ1n) is 15.3. The summed E-state index contributed by atoms with van der Waals surface area (Å²) in [7, 11) is 2.13. The van der Waals surface area contributed by atoms with Crippen LogP contribution in [0.25, 0.3) is 0 Å². The van der Waals surface area contributed by atoms with Crippen LogP contribution in [0.4, 0.5) is 5.82 Å². The Morgan fingerprint density at radius 2 is 1.98 bits per heavy atom. The van der Waals surface area contributed by atoms with Crippen molar-refractivity contribution < 1.29 is 14.3 Å². The highest BCUT2D eigenvalue weighted by molar-refractivity contribution is 5.87. The van der Waals surface area contributed by atoms with Gasteiger partial charge in [0.25, 0.3) is 0 Å². The summed E-state index contributed by atoms with van der Waals surface area (Å²) < 4.78 is 13.3. The lowest BCUT2D eigenvalue weighted by Crippen LogP contribution is -2.55. The van der Waals surface area contributed by atoms with E-state index in [1.165, 1.54) is 17.2 Å². The Morgan fingerprint density at radius 3 is 2.71 bits per heavy atom. The molecule has 1 aromatic carbocycles. The van der Waals surface area contributed by atoms with Gasteiger partial charge in [-0.05, 0) is 74.7 Å². The number of aromatic nitrogens is 2. The third kappa shape index (κ3) is 5.11. The van der Waals surface area contributed by atoms with Crippen molar-refractivity contribution >= 4 is 11.7 Å². The zero-order chi connectivity index (χ0) is 29.5. The number of carbonyl (C=O) groups is 1. The van der Waals surface area contributed by atoms with Crippen molar-refractivity contribution in [2.75, 3.05) is 44.7 Å². The molecular weight excluding hydrogens is 528 g/mol. The number of likely N-dealkylation sites (tertiary alicyclic amines) is 1. The Morgan fingerprint density at radius 1 is 1.17 bits per heavy atom. The van der Waals surface area contributed by atoms with E-state index in [2.05, 4.69) is 67.6 Å². The van der Waals surface area contributed by atoms with Gasteiger partial charge in [0.05, 0.1) is 24.1 Å². The monoisotopic (exact) mass is 570 g/mol. The van der Waals surface area contributed by atoms with E-state index >= 15 is 0 Å². The summed E-state index contributed by atoms with van der Waals surface area (Å²) in [5.41, 5.74) is 3.23.